The zero-order valence-electron chi connectivity index (χ0n) is 11.2. The lowest BCUT2D eigenvalue weighted by Gasteiger charge is -2.23. The molecule has 3 unspecified atom stereocenters. The van der Waals surface area contributed by atoms with Gasteiger partial charge in [-0.3, -0.25) is 0 Å². The van der Waals surface area contributed by atoms with E-state index in [1.807, 2.05) is 6.92 Å². The first-order valence-corrected chi connectivity index (χ1v) is 8.21. The minimum atomic E-state index is -3.31. The molecule has 7 heteroatoms. The molecule has 0 amide bonds. The average molecular weight is 285 g/mol. The summed E-state index contributed by atoms with van der Waals surface area (Å²) in [6, 6.07) is 1.75. The molecule has 0 radical (unpaired) electrons. The molecule has 0 spiro atoms. The van der Waals surface area contributed by atoms with Crippen molar-refractivity contribution >= 4 is 10.0 Å². The van der Waals surface area contributed by atoms with Crippen LogP contribution in [-0.4, -0.2) is 43.6 Å². The van der Waals surface area contributed by atoms with Crippen LogP contribution in [0.25, 0.3) is 0 Å². The first-order valence-electron chi connectivity index (χ1n) is 6.60. The van der Waals surface area contributed by atoms with E-state index >= 15 is 0 Å². The van der Waals surface area contributed by atoms with Crippen LogP contribution in [0, 0.1) is 18.8 Å². The second kappa shape index (κ2) is 4.57. The normalized spacial score (nSPS) is 31.8. The number of hydrogen-bond acceptors (Lipinski definition) is 5. The molecule has 2 fully saturated rings. The van der Waals surface area contributed by atoms with Crippen LogP contribution in [0.15, 0.2) is 10.6 Å². The topological polar surface area (TPSA) is 75.4 Å². The highest BCUT2D eigenvalue weighted by Crippen LogP contribution is 2.34. The number of rotatable bonds is 3. The lowest BCUT2D eigenvalue weighted by Crippen LogP contribution is -2.38. The van der Waals surface area contributed by atoms with Gasteiger partial charge in [0.15, 0.2) is 0 Å². The summed E-state index contributed by atoms with van der Waals surface area (Å²) < 4.78 is 31.5. The summed E-state index contributed by atoms with van der Waals surface area (Å²) in [5, 5.41) is 7.11. The Hall–Kier alpha value is -0.920. The quantitative estimate of drug-likeness (QED) is 0.867. The van der Waals surface area contributed by atoms with Crippen molar-refractivity contribution in [2.24, 2.45) is 11.8 Å². The van der Waals surface area contributed by atoms with Crippen LogP contribution in [0.2, 0.25) is 0 Å². The highest BCUT2D eigenvalue weighted by atomic mass is 32.2. The number of fused-ring (bicyclic) bond motifs is 1. The van der Waals surface area contributed by atoms with Crippen LogP contribution in [0.3, 0.4) is 0 Å². The molecule has 2 aliphatic rings. The number of sulfonamides is 1. The average Bonchev–Trinajstić information content (AvgIpc) is 2.98. The molecule has 1 N–H and O–H groups in total. The first kappa shape index (κ1) is 13.1. The van der Waals surface area contributed by atoms with Crippen LogP contribution in [-0.2, 0) is 15.8 Å². The number of hydrogen-bond donors (Lipinski definition) is 1. The van der Waals surface area contributed by atoms with Gasteiger partial charge in [0.1, 0.15) is 17.2 Å². The van der Waals surface area contributed by atoms with Crippen molar-refractivity contribution in [1.82, 2.24) is 14.8 Å². The molecule has 0 aromatic carbocycles. The van der Waals surface area contributed by atoms with Crippen molar-refractivity contribution in [2.45, 2.75) is 25.6 Å². The van der Waals surface area contributed by atoms with E-state index in [4.69, 9.17) is 4.52 Å². The van der Waals surface area contributed by atoms with E-state index in [9.17, 15) is 8.42 Å². The van der Waals surface area contributed by atoms with Gasteiger partial charge in [-0.25, -0.2) is 8.42 Å². The second-order valence-corrected chi connectivity index (χ2v) is 7.50. The van der Waals surface area contributed by atoms with E-state index in [1.54, 1.807) is 17.3 Å². The summed E-state index contributed by atoms with van der Waals surface area (Å²) in [5.74, 6) is 1.46. The fourth-order valence-electron chi connectivity index (χ4n) is 3.25. The van der Waals surface area contributed by atoms with Gasteiger partial charge < -0.3 is 9.84 Å². The van der Waals surface area contributed by atoms with Gasteiger partial charge in [0.25, 0.3) is 0 Å². The minimum Gasteiger partial charge on any atom is -0.361 e. The van der Waals surface area contributed by atoms with Crippen molar-refractivity contribution in [3.63, 3.8) is 0 Å². The third-order valence-electron chi connectivity index (χ3n) is 4.24. The van der Waals surface area contributed by atoms with Gasteiger partial charge in [-0.2, -0.15) is 4.31 Å². The smallest absolute Gasteiger partial charge is 0.220 e. The summed E-state index contributed by atoms with van der Waals surface area (Å²) in [5.41, 5.74) is 0.486. The van der Waals surface area contributed by atoms with Gasteiger partial charge in [0.2, 0.25) is 10.0 Å². The van der Waals surface area contributed by atoms with Gasteiger partial charge >= 0.3 is 0 Å². The van der Waals surface area contributed by atoms with Crippen molar-refractivity contribution in [3.8, 4) is 0 Å². The van der Waals surface area contributed by atoms with E-state index in [0.717, 1.165) is 13.1 Å². The van der Waals surface area contributed by atoms with Crippen molar-refractivity contribution < 1.29 is 12.9 Å². The lowest BCUT2D eigenvalue weighted by molar-refractivity contribution is 0.358. The Bertz CT molecular complexity index is 569. The van der Waals surface area contributed by atoms with Gasteiger partial charge in [0.05, 0.1) is 0 Å². The molecule has 3 heterocycles. The molecule has 1 aromatic heterocycles. The molecule has 3 atom stereocenters. The zero-order valence-corrected chi connectivity index (χ0v) is 12.0. The number of nitrogens with one attached hydrogen (secondary N) is 1. The number of nitrogens with zero attached hydrogens (tertiary/aromatic N) is 2. The van der Waals surface area contributed by atoms with E-state index in [-0.39, 0.29) is 11.8 Å². The Morgan fingerprint density at radius 2 is 2.32 bits per heavy atom. The molecule has 2 aliphatic heterocycles. The molecule has 3 rings (SSSR count). The summed E-state index contributed by atoms with van der Waals surface area (Å²) >= 11 is 0. The molecule has 0 aliphatic carbocycles. The van der Waals surface area contributed by atoms with E-state index < -0.39 is 10.0 Å². The molecule has 0 saturated carbocycles. The van der Waals surface area contributed by atoms with E-state index in [2.05, 4.69) is 10.5 Å². The molecule has 1 aromatic rings. The van der Waals surface area contributed by atoms with Crippen LogP contribution in [0.5, 0.6) is 0 Å². The van der Waals surface area contributed by atoms with Gasteiger partial charge in [-0.15, -0.1) is 0 Å². The van der Waals surface area contributed by atoms with E-state index in [1.165, 1.54) is 0 Å². The number of aryl methyl sites for hydroxylation is 1. The third-order valence-corrected chi connectivity index (χ3v) is 6.10. The highest BCUT2D eigenvalue weighted by molar-refractivity contribution is 7.88. The summed E-state index contributed by atoms with van der Waals surface area (Å²) in [7, 11) is -3.31. The summed E-state index contributed by atoms with van der Waals surface area (Å²) in [6.45, 7) is 6.23. The first-order chi connectivity index (χ1) is 8.97. The van der Waals surface area contributed by atoms with Crippen LogP contribution in [0.1, 0.15) is 18.4 Å². The maximum atomic E-state index is 12.5. The van der Waals surface area contributed by atoms with Crippen molar-refractivity contribution in [1.29, 1.82) is 0 Å². The molecular weight excluding hydrogens is 266 g/mol. The Morgan fingerprint density at radius 1 is 1.53 bits per heavy atom. The fourth-order valence-corrected chi connectivity index (χ4v) is 5.01. The molecule has 2 saturated heterocycles. The van der Waals surface area contributed by atoms with Gasteiger partial charge in [-0.1, -0.05) is 5.16 Å². The monoisotopic (exact) mass is 285 g/mol. The van der Waals surface area contributed by atoms with Crippen LogP contribution < -0.4 is 5.32 Å². The summed E-state index contributed by atoms with van der Waals surface area (Å²) in [4.78, 5) is 0. The van der Waals surface area contributed by atoms with Crippen molar-refractivity contribution in [3.05, 3.63) is 17.5 Å². The molecular formula is C12H19N3O3S. The predicted octanol–water partition coefficient (Wildman–Crippen LogP) is 0.353. The van der Waals surface area contributed by atoms with Crippen LogP contribution >= 0.6 is 0 Å². The van der Waals surface area contributed by atoms with Crippen molar-refractivity contribution in [2.75, 3.05) is 19.6 Å². The Balaban J connectivity index is 1.77. The third kappa shape index (κ3) is 2.30. The van der Waals surface area contributed by atoms with Crippen LogP contribution in [0.4, 0.5) is 0 Å². The lowest BCUT2D eigenvalue weighted by atomic mass is 9.95. The standard InChI is InChI=1S/C12H19N3O3S/c1-8-3-11(14-18-8)7-19(16,17)15-6-10-4-13-5-12(10)9(15)2/h3,9-10,12-13H,4-7H2,1-2H3. The zero-order chi connectivity index (χ0) is 13.6. The fraction of sp³-hybridized carbons (Fsp3) is 0.750. The Labute approximate surface area is 113 Å². The second-order valence-electron chi connectivity index (χ2n) is 5.58. The van der Waals surface area contributed by atoms with Gasteiger partial charge in [0, 0.05) is 18.7 Å². The molecule has 6 nitrogen and oxygen atoms in total. The highest BCUT2D eigenvalue weighted by Gasteiger charge is 2.46. The largest absolute Gasteiger partial charge is 0.361 e. The molecule has 106 valence electrons. The molecule has 19 heavy (non-hydrogen) atoms. The van der Waals surface area contributed by atoms with E-state index in [0.29, 0.717) is 29.8 Å². The minimum absolute atomic E-state index is 0.0676. The number of aromatic nitrogens is 1. The Morgan fingerprint density at radius 3 is 2.95 bits per heavy atom. The SMILES string of the molecule is Cc1cc(CS(=O)(=O)N2CC3CNCC3C2C)no1. The Kier molecular flexibility index (Phi) is 3.15. The maximum Gasteiger partial charge on any atom is 0.220 e. The maximum absolute atomic E-state index is 12.5. The summed E-state index contributed by atoms with van der Waals surface area (Å²) in [6.07, 6.45) is 0. The molecule has 0 bridgehead atoms. The predicted molar refractivity (Wildman–Crippen MR) is 69.9 cm³/mol. The van der Waals surface area contributed by atoms with Gasteiger partial charge in [-0.05, 0) is 38.8 Å².